The average molecular weight is 760 g/mol. The van der Waals surface area contributed by atoms with Crippen molar-refractivity contribution in [2.75, 3.05) is 6.54 Å². The number of benzene rings is 1. The standard InChI is InChI=1S/C37H61N9O8/c1-21(2)18-28(44-32(49)26(38)19-24-12-7-5-8-13-24)34(51)46-30(23(4)47)35(52)45-29(20-25-14-9-6-10-15-25)33(50)42-22(3)31(48)43-27(36(53)54)16-11-17-41-37(39)40/h5,7-8,12-13,21-23,25-30,47H,6,9-11,14-20,38H2,1-4H3,(H,42,50)(H,43,48)(H,44,49)(H,45,52)(H,46,51)(H,53,54)(H4,39,40,41)/t22-,23+,26-,27-,28-,29-,30-/m0/s1. The summed E-state index contributed by atoms with van der Waals surface area (Å²) >= 11 is 0. The number of hydrogen-bond donors (Lipinski definition) is 11. The van der Waals surface area contributed by atoms with Crippen LogP contribution in [0.25, 0.3) is 0 Å². The van der Waals surface area contributed by atoms with E-state index in [9.17, 15) is 39.0 Å². The zero-order chi connectivity index (χ0) is 40.4. The van der Waals surface area contributed by atoms with Gasteiger partial charge in [0.25, 0.3) is 0 Å². The number of carbonyl (C=O) groups is 6. The third kappa shape index (κ3) is 16.5. The molecule has 17 heteroatoms. The molecule has 0 bridgehead atoms. The predicted octanol–water partition coefficient (Wildman–Crippen LogP) is -0.255. The maximum atomic E-state index is 13.7. The Morgan fingerprint density at radius 2 is 1.39 bits per heavy atom. The second-order valence-electron chi connectivity index (χ2n) is 14.6. The van der Waals surface area contributed by atoms with E-state index in [1.807, 2.05) is 44.2 Å². The molecular weight excluding hydrogens is 698 g/mol. The Balaban J connectivity index is 2.16. The maximum Gasteiger partial charge on any atom is 0.326 e. The van der Waals surface area contributed by atoms with Gasteiger partial charge < -0.3 is 53.6 Å². The molecule has 1 aliphatic carbocycles. The molecule has 0 radical (unpaired) electrons. The van der Waals surface area contributed by atoms with E-state index >= 15 is 0 Å². The predicted molar refractivity (Wildman–Crippen MR) is 203 cm³/mol. The van der Waals surface area contributed by atoms with Crippen LogP contribution in [0.4, 0.5) is 0 Å². The number of carboxylic acids is 1. The Bertz CT molecular complexity index is 1400. The van der Waals surface area contributed by atoms with Gasteiger partial charge in [-0.2, -0.15) is 0 Å². The lowest BCUT2D eigenvalue weighted by Crippen LogP contribution is -2.61. The Morgan fingerprint density at radius 1 is 0.796 bits per heavy atom. The number of hydrogen-bond acceptors (Lipinski definition) is 9. The molecule has 5 amide bonds. The fourth-order valence-corrected chi connectivity index (χ4v) is 6.31. The van der Waals surface area contributed by atoms with Gasteiger partial charge in [0.1, 0.15) is 30.2 Å². The summed E-state index contributed by atoms with van der Waals surface area (Å²) in [6.45, 7) is 6.65. The maximum absolute atomic E-state index is 13.7. The number of nitrogens with one attached hydrogen (secondary N) is 7. The molecule has 17 nitrogen and oxygen atoms in total. The first kappa shape index (κ1) is 45.4. The molecular formula is C37H61N9O8. The molecule has 1 aromatic rings. The van der Waals surface area contributed by atoms with Crippen molar-refractivity contribution >= 4 is 41.5 Å². The first-order chi connectivity index (χ1) is 25.5. The van der Waals surface area contributed by atoms with Crippen molar-refractivity contribution in [3.63, 3.8) is 0 Å². The highest BCUT2D eigenvalue weighted by atomic mass is 16.4. The lowest BCUT2D eigenvalue weighted by atomic mass is 9.84. The second kappa shape index (κ2) is 23.1. The van der Waals surface area contributed by atoms with E-state index in [4.69, 9.17) is 16.9 Å². The number of amides is 5. The molecule has 2 rings (SSSR count). The van der Waals surface area contributed by atoms with Gasteiger partial charge in [0, 0.05) is 6.54 Å². The normalized spacial score (nSPS) is 17.0. The minimum Gasteiger partial charge on any atom is -0.480 e. The number of rotatable bonds is 22. The first-order valence-corrected chi connectivity index (χ1v) is 18.8. The lowest BCUT2D eigenvalue weighted by Gasteiger charge is -2.30. The number of carbonyl (C=O) groups excluding carboxylic acids is 5. The Labute approximate surface area is 317 Å². The lowest BCUT2D eigenvalue weighted by molar-refractivity contribution is -0.142. The van der Waals surface area contributed by atoms with Crippen LogP contribution in [-0.2, 0) is 35.2 Å². The third-order valence-corrected chi connectivity index (χ3v) is 9.32. The van der Waals surface area contributed by atoms with Crippen molar-refractivity contribution in [3.8, 4) is 0 Å². The number of aliphatic hydroxyl groups is 1. The van der Waals surface area contributed by atoms with Crippen molar-refractivity contribution < 1.29 is 39.0 Å². The molecule has 13 N–H and O–H groups in total. The summed E-state index contributed by atoms with van der Waals surface area (Å²) in [4.78, 5) is 78.8. The summed E-state index contributed by atoms with van der Waals surface area (Å²) in [6, 6.07) is 2.06. The molecule has 1 fully saturated rings. The van der Waals surface area contributed by atoms with E-state index in [0.717, 1.165) is 37.7 Å². The number of guanidine groups is 1. The number of nitrogens with two attached hydrogens (primary N) is 2. The van der Waals surface area contributed by atoms with Gasteiger partial charge in [-0.05, 0) is 63.4 Å². The van der Waals surface area contributed by atoms with E-state index in [0.29, 0.717) is 6.42 Å². The van der Waals surface area contributed by atoms with Crippen LogP contribution in [0.5, 0.6) is 0 Å². The van der Waals surface area contributed by atoms with Gasteiger partial charge in [-0.3, -0.25) is 29.4 Å². The van der Waals surface area contributed by atoms with E-state index in [1.165, 1.54) is 13.8 Å². The van der Waals surface area contributed by atoms with Gasteiger partial charge in [-0.25, -0.2) is 4.79 Å². The molecule has 0 heterocycles. The van der Waals surface area contributed by atoms with Crippen molar-refractivity contribution in [1.29, 1.82) is 5.41 Å². The number of aliphatic carboxylic acids is 1. The van der Waals surface area contributed by atoms with Crippen molar-refractivity contribution in [2.24, 2.45) is 23.3 Å². The van der Waals surface area contributed by atoms with Gasteiger partial charge in [0.15, 0.2) is 5.96 Å². The largest absolute Gasteiger partial charge is 0.480 e. The fourth-order valence-electron chi connectivity index (χ4n) is 6.31. The van der Waals surface area contributed by atoms with Crippen molar-refractivity contribution in [3.05, 3.63) is 35.9 Å². The number of aliphatic hydroxyl groups excluding tert-OH is 1. The Kier molecular flexibility index (Phi) is 19.4. The minimum absolute atomic E-state index is 0.0387. The second-order valence-corrected chi connectivity index (χ2v) is 14.6. The van der Waals surface area contributed by atoms with Gasteiger partial charge in [-0.15, -0.1) is 0 Å². The monoisotopic (exact) mass is 759 g/mol. The fraction of sp³-hybridized carbons (Fsp3) is 0.649. The van der Waals surface area contributed by atoms with Gasteiger partial charge in [0.05, 0.1) is 12.1 Å². The van der Waals surface area contributed by atoms with Crippen LogP contribution in [0.1, 0.15) is 91.0 Å². The zero-order valence-electron chi connectivity index (χ0n) is 31.9. The first-order valence-electron chi connectivity index (χ1n) is 18.8. The van der Waals surface area contributed by atoms with Crippen LogP contribution < -0.4 is 43.4 Å². The zero-order valence-corrected chi connectivity index (χ0v) is 31.9. The van der Waals surface area contributed by atoms with Crippen molar-refractivity contribution in [2.45, 2.75) is 134 Å². The highest BCUT2D eigenvalue weighted by Gasteiger charge is 2.35. The summed E-state index contributed by atoms with van der Waals surface area (Å²) in [5, 5.41) is 42.9. The van der Waals surface area contributed by atoms with Crippen LogP contribution in [0, 0.1) is 17.2 Å². The molecule has 1 saturated carbocycles. The molecule has 0 spiro atoms. The highest BCUT2D eigenvalue weighted by Crippen LogP contribution is 2.27. The summed E-state index contributed by atoms with van der Waals surface area (Å²) in [5.74, 6) is -5.05. The van der Waals surface area contributed by atoms with Crippen molar-refractivity contribution in [1.82, 2.24) is 31.9 Å². The molecule has 0 unspecified atom stereocenters. The number of carboxylic acid groups (broad SMARTS) is 1. The van der Waals surface area contributed by atoms with E-state index in [2.05, 4.69) is 31.9 Å². The molecule has 1 aliphatic rings. The van der Waals surface area contributed by atoms with E-state index in [-0.39, 0.29) is 50.0 Å². The Hall–Kier alpha value is -4.77. The van der Waals surface area contributed by atoms with Crippen LogP contribution in [-0.4, -0.2) is 101 Å². The molecule has 302 valence electrons. The smallest absolute Gasteiger partial charge is 0.326 e. The summed E-state index contributed by atoms with van der Waals surface area (Å²) in [6.07, 6.45) is 4.24. The molecule has 54 heavy (non-hydrogen) atoms. The van der Waals surface area contributed by atoms with Gasteiger partial charge in [0.2, 0.25) is 29.5 Å². The van der Waals surface area contributed by atoms with E-state index in [1.54, 1.807) is 0 Å². The van der Waals surface area contributed by atoms with Crippen LogP contribution in [0.3, 0.4) is 0 Å². The SMILES string of the molecule is CC(C)C[C@H](NC(=O)[C@@H](N)Cc1ccccc1)C(=O)N[C@H](C(=O)N[C@@H](CC1CCCCC1)C(=O)N[C@@H](C)C(=O)N[C@@H](CCCNC(=N)N)C(=O)O)[C@@H](C)O. The third-order valence-electron chi connectivity index (χ3n) is 9.32. The summed E-state index contributed by atoms with van der Waals surface area (Å²) in [7, 11) is 0. The molecule has 7 atom stereocenters. The van der Waals surface area contributed by atoms with Crippen LogP contribution >= 0.6 is 0 Å². The molecule has 1 aromatic carbocycles. The molecule has 0 aliphatic heterocycles. The van der Waals surface area contributed by atoms with Gasteiger partial charge >= 0.3 is 5.97 Å². The Morgan fingerprint density at radius 3 is 1.96 bits per heavy atom. The van der Waals surface area contributed by atoms with Crippen LogP contribution in [0.15, 0.2) is 30.3 Å². The average Bonchev–Trinajstić information content (AvgIpc) is 3.11. The topological polar surface area (TPSA) is 291 Å². The van der Waals surface area contributed by atoms with Gasteiger partial charge in [-0.1, -0.05) is 76.3 Å². The highest BCUT2D eigenvalue weighted by molar-refractivity contribution is 5.96. The molecule has 0 aromatic heterocycles. The summed E-state index contributed by atoms with van der Waals surface area (Å²) in [5.41, 5.74) is 12.3. The van der Waals surface area contributed by atoms with E-state index < -0.39 is 77.9 Å². The van der Waals surface area contributed by atoms with Crippen LogP contribution in [0.2, 0.25) is 0 Å². The summed E-state index contributed by atoms with van der Waals surface area (Å²) < 4.78 is 0. The molecule has 0 saturated heterocycles. The quantitative estimate of drug-likeness (QED) is 0.0416. The minimum atomic E-state index is -1.50.